The minimum absolute atomic E-state index is 0.298. The van der Waals surface area contributed by atoms with Crippen LogP contribution >= 0.6 is 0 Å². The van der Waals surface area contributed by atoms with Gasteiger partial charge in [-0.2, -0.15) is 0 Å². The van der Waals surface area contributed by atoms with Gasteiger partial charge >= 0.3 is 0 Å². The lowest BCUT2D eigenvalue weighted by atomic mass is 9.82. The van der Waals surface area contributed by atoms with E-state index in [1.807, 2.05) is 12.1 Å². The zero-order valence-corrected chi connectivity index (χ0v) is 11.0. The predicted molar refractivity (Wildman–Crippen MR) is 70.2 cm³/mol. The van der Waals surface area contributed by atoms with Crippen molar-refractivity contribution in [3.63, 3.8) is 0 Å². The fourth-order valence-electron chi connectivity index (χ4n) is 1.56. The molecule has 2 rings (SSSR count). The summed E-state index contributed by atoms with van der Waals surface area (Å²) >= 11 is 0. The Labute approximate surface area is 103 Å². The molecule has 0 saturated heterocycles. The first-order chi connectivity index (χ1) is 7.97. The summed E-state index contributed by atoms with van der Waals surface area (Å²) in [6, 6.07) is 6.04. The molecule has 0 saturated carbocycles. The molecule has 1 unspecified atom stereocenters. The molecule has 0 bridgehead atoms. The van der Waals surface area contributed by atoms with Crippen molar-refractivity contribution in [2.24, 2.45) is 11.3 Å². The summed E-state index contributed by atoms with van der Waals surface area (Å²) < 4.78 is 10.6. The molecule has 1 aliphatic heterocycles. The molecule has 92 valence electrons. The van der Waals surface area contributed by atoms with Crippen LogP contribution < -0.4 is 9.47 Å². The Balaban J connectivity index is 2.12. The van der Waals surface area contributed by atoms with Gasteiger partial charge in [0, 0.05) is 0 Å². The van der Waals surface area contributed by atoms with E-state index in [9.17, 15) is 0 Å². The fraction of sp³-hybridized carbons (Fsp3) is 0.467. The number of hydrogen-bond acceptors (Lipinski definition) is 2. The van der Waals surface area contributed by atoms with Crippen LogP contribution in [0.15, 0.2) is 24.3 Å². The Morgan fingerprint density at radius 3 is 2.59 bits per heavy atom. The van der Waals surface area contributed by atoms with Gasteiger partial charge in [0.25, 0.3) is 0 Å². The van der Waals surface area contributed by atoms with Gasteiger partial charge in [-0.3, -0.25) is 0 Å². The molecule has 0 N–H and O–H groups in total. The molecule has 1 atom stereocenters. The van der Waals surface area contributed by atoms with Crippen molar-refractivity contribution in [1.29, 1.82) is 0 Å². The molecule has 17 heavy (non-hydrogen) atoms. The number of ether oxygens (including phenoxy) is 2. The minimum Gasteiger partial charge on any atom is -0.454 e. The smallest absolute Gasteiger partial charge is 0.231 e. The highest BCUT2D eigenvalue weighted by Gasteiger charge is 2.17. The molecule has 1 aromatic carbocycles. The van der Waals surface area contributed by atoms with Crippen LogP contribution in [-0.4, -0.2) is 6.79 Å². The maximum atomic E-state index is 5.36. The van der Waals surface area contributed by atoms with Crippen molar-refractivity contribution in [3.8, 4) is 11.5 Å². The largest absolute Gasteiger partial charge is 0.454 e. The monoisotopic (exact) mass is 232 g/mol. The van der Waals surface area contributed by atoms with Gasteiger partial charge in [0.05, 0.1) is 0 Å². The van der Waals surface area contributed by atoms with Gasteiger partial charge in [0.1, 0.15) is 0 Å². The van der Waals surface area contributed by atoms with Gasteiger partial charge in [-0.15, -0.1) is 0 Å². The quantitative estimate of drug-likeness (QED) is 0.764. The minimum atomic E-state index is 0.298. The number of fused-ring (bicyclic) bond motifs is 1. The lowest BCUT2D eigenvalue weighted by Crippen LogP contribution is -2.14. The highest BCUT2D eigenvalue weighted by Crippen LogP contribution is 2.33. The summed E-state index contributed by atoms with van der Waals surface area (Å²) in [5.41, 5.74) is 1.46. The lowest BCUT2D eigenvalue weighted by molar-refractivity contribution is 0.174. The molecule has 1 aliphatic rings. The molecule has 0 fully saturated rings. The van der Waals surface area contributed by atoms with Gasteiger partial charge < -0.3 is 9.47 Å². The molecular formula is C15H20O2. The molecule has 1 heterocycles. The molecule has 0 amide bonds. The first-order valence-corrected chi connectivity index (χ1v) is 6.04. The van der Waals surface area contributed by atoms with E-state index in [1.165, 1.54) is 0 Å². The third kappa shape index (κ3) is 2.82. The zero-order chi connectivity index (χ0) is 12.5. The van der Waals surface area contributed by atoms with Crippen LogP contribution in [0.1, 0.15) is 33.3 Å². The lowest BCUT2D eigenvalue weighted by Gasteiger charge is -2.24. The SMILES string of the molecule is CC(/C=C/c1ccc2c(c1)OCO2)C(C)(C)C. The maximum Gasteiger partial charge on any atom is 0.231 e. The normalized spacial score (nSPS) is 16.5. The Kier molecular flexibility index (Phi) is 3.14. The predicted octanol–water partition coefficient (Wildman–Crippen LogP) is 4.11. The average molecular weight is 232 g/mol. The van der Waals surface area contributed by atoms with E-state index in [1.54, 1.807) is 0 Å². The van der Waals surface area contributed by atoms with E-state index < -0.39 is 0 Å². The van der Waals surface area contributed by atoms with Crippen molar-refractivity contribution >= 4 is 6.08 Å². The van der Waals surface area contributed by atoms with E-state index >= 15 is 0 Å². The summed E-state index contributed by atoms with van der Waals surface area (Å²) in [4.78, 5) is 0. The van der Waals surface area contributed by atoms with Crippen LogP contribution in [0.4, 0.5) is 0 Å². The van der Waals surface area contributed by atoms with Crippen LogP contribution in [0.2, 0.25) is 0 Å². The van der Waals surface area contributed by atoms with Gasteiger partial charge in [-0.1, -0.05) is 45.9 Å². The van der Waals surface area contributed by atoms with Crippen molar-refractivity contribution in [1.82, 2.24) is 0 Å². The van der Waals surface area contributed by atoms with Crippen molar-refractivity contribution in [2.75, 3.05) is 6.79 Å². The van der Waals surface area contributed by atoms with Crippen molar-refractivity contribution in [3.05, 3.63) is 29.8 Å². The molecule has 0 spiro atoms. The second-order valence-electron chi connectivity index (χ2n) is 5.63. The maximum absolute atomic E-state index is 5.36. The molecule has 1 aromatic rings. The van der Waals surface area contributed by atoms with E-state index in [0.29, 0.717) is 18.1 Å². The van der Waals surface area contributed by atoms with Crippen LogP contribution in [0.3, 0.4) is 0 Å². The Morgan fingerprint density at radius 2 is 1.88 bits per heavy atom. The van der Waals surface area contributed by atoms with Gasteiger partial charge in [-0.05, 0) is 29.0 Å². The first-order valence-electron chi connectivity index (χ1n) is 6.04. The van der Waals surface area contributed by atoms with Crippen molar-refractivity contribution < 1.29 is 9.47 Å². The van der Waals surface area contributed by atoms with Gasteiger partial charge in [0.2, 0.25) is 6.79 Å². The fourth-order valence-corrected chi connectivity index (χ4v) is 1.56. The van der Waals surface area contributed by atoms with E-state index in [4.69, 9.17) is 9.47 Å². The summed E-state index contributed by atoms with van der Waals surface area (Å²) in [6.07, 6.45) is 4.40. The van der Waals surface area contributed by atoms with Gasteiger partial charge in [-0.25, -0.2) is 0 Å². The second kappa shape index (κ2) is 4.44. The van der Waals surface area contributed by atoms with Crippen LogP contribution in [0, 0.1) is 11.3 Å². The Hall–Kier alpha value is -1.44. The molecule has 2 nitrogen and oxygen atoms in total. The van der Waals surface area contributed by atoms with E-state index in [-0.39, 0.29) is 0 Å². The average Bonchev–Trinajstić information content (AvgIpc) is 2.71. The van der Waals surface area contributed by atoms with Gasteiger partial charge in [0.15, 0.2) is 11.5 Å². The molecular weight excluding hydrogens is 212 g/mol. The molecule has 0 aromatic heterocycles. The number of allylic oxidation sites excluding steroid dienone is 1. The molecule has 0 aliphatic carbocycles. The topological polar surface area (TPSA) is 18.5 Å². The third-order valence-corrected chi connectivity index (χ3v) is 3.34. The van der Waals surface area contributed by atoms with E-state index in [0.717, 1.165) is 17.1 Å². The summed E-state index contributed by atoms with van der Waals surface area (Å²) in [5.74, 6) is 2.22. The summed E-state index contributed by atoms with van der Waals surface area (Å²) in [5, 5.41) is 0. The standard InChI is InChI=1S/C15H20O2/c1-11(15(2,3)4)5-6-12-7-8-13-14(9-12)17-10-16-13/h5-9,11H,10H2,1-4H3/b6-5+. The summed E-state index contributed by atoms with van der Waals surface area (Å²) in [7, 11) is 0. The van der Waals surface area contributed by atoms with E-state index in [2.05, 4.69) is 45.9 Å². The van der Waals surface area contributed by atoms with Crippen LogP contribution in [0.5, 0.6) is 11.5 Å². The summed E-state index contributed by atoms with van der Waals surface area (Å²) in [6.45, 7) is 9.33. The highest BCUT2D eigenvalue weighted by atomic mass is 16.7. The molecule has 0 radical (unpaired) electrons. The molecule has 2 heteroatoms. The third-order valence-electron chi connectivity index (χ3n) is 3.34. The number of rotatable bonds is 2. The Morgan fingerprint density at radius 1 is 1.18 bits per heavy atom. The van der Waals surface area contributed by atoms with Crippen LogP contribution in [0.25, 0.3) is 6.08 Å². The van der Waals surface area contributed by atoms with Crippen molar-refractivity contribution in [2.45, 2.75) is 27.7 Å². The zero-order valence-electron chi connectivity index (χ0n) is 11.0. The van der Waals surface area contributed by atoms with Crippen LogP contribution in [-0.2, 0) is 0 Å². The second-order valence-corrected chi connectivity index (χ2v) is 5.63. The highest BCUT2D eigenvalue weighted by molar-refractivity contribution is 5.56. The first kappa shape index (κ1) is 12.0. The Bertz CT molecular complexity index is 427. The number of hydrogen-bond donors (Lipinski definition) is 0. The number of benzene rings is 1.